The van der Waals surface area contributed by atoms with Gasteiger partial charge in [-0.2, -0.15) is 0 Å². The first-order valence-electron chi connectivity index (χ1n) is 7.41. The summed E-state index contributed by atoms with van der Waals surface area (Å²) < 4.78 is 18.5. The van der Waals surface area contributed by atoms with Gasteiger partial charge in [-0.15, -0.1) is 0 Å². The van der Waals surface area contributed by atoms with Crippen LogP contribution in [0.3, 0.4) is 0 Å². The van der Waals surface area contributed by atoms with Crippen LogP contribution in [0.25, 0.3) is 0 Å². The first kappa shape index (κ1) is 17.4. The zero-order chi connectivity index (χ0) is 17.7. The van der Waals surface area contributed by atoms with Crippen LogP contribution in [-0.2, 0) is 11.2 Å². The average molecular weight is 332 g/mol. The maximum absolute atomic E-state index is 13.3. The average Bonchev–Trinajstić information content (AvgIpc) is 2.55. The highest BCUT2D eigenvalue weighted by atomic mass is 19.1. The minimum atomic E-state index is -1.03. The number of hydrogen-bond acceptors (Lipinski definition) is 4. The van der Waals surface area contributed by atoms with Gasteiger partial charge in [0.1, 0.15) is 5.82 Å². The molecular formula is C17H17FN2O4. The fraction of sp³-hybridized carbons (Fsp3) is 0.235. The molecule has 6 nitrogen and oxygen atoms in total. The first-order chi connectivity index (χ1) is 11.4. The third-order valence-corrected chi connectivity index (χ3v) is 3.42. The molecule has 0 fully saturated rings. The maximum atomic E-state index is 13.3. The fourth-order valence-corrected chi connectivity index (χ4v) is 2.04. The molecule has 0 radical (unpaired) electrons. The summed E-state index contributed by atoms with van der Waals surface area (Å²) in [6.07, 6.45) is -0.145. The summed E-state index contributed by atoms with van der Waals surface area (Å²) in [5.41, 5.74) is 1.32. The summed E-state index contributed by atoms with van der Waals surface area (Å²) in [7, 11) is 0. The van der Waals surface area contributed by atoms with E-state index in [1.54, 1.807) is 12.1 Å². The standard InChI is InChI=1S/C17H17FN2O4/c1-3-12-4-7-14(8-5-12)19-17(21)11(2)24-16-10-13(18)6-9-15(16)20(22)23/h4-11H,3H2,1-2H3,(H,19,21). The molecule has 126 valence electrons. The summed E-state index contributed by atoms with van der Waals surface area (Å²) in [6.45, 7) is 3.46. The number of hydrogen-bond donors (Lipinski definition) is 1. The Hall–Kier alpha value is -2.96. The van der Waals surface area contributed by atoms with Crippen LogP contribution in [0.1, 0.15) is 19.4 Å². The van der Waals surface area contributed by atoms with Crippen LogP contribution in [-0.4, -0.2) is 16.9 Å². The number of halogens is 1. The topological polar surface area (TPSA) is 81.5 Å². The lowest BCUT2D eigenvalue weighted by Gasteiger charge is -2.15. The van der Waals surface area contributed by atoms with Gasteiger partial charge in [-0.25, -0.2) is 4.39 Å². The lowest BCUT2D eigenvalue weighted by molar-refractivity contribution is -0.386. The second-order valence-corrected chi connectivity index (χ2v) is 5.17. The van der Waals surface area contributed by atoms with Crippen LogP contribution in [0.5, 0.6) is 5.75 Å². The van der Waals surface area contributed by atoms with Gasteiger partial charge in [-0.1, -0.05) is 19.1 Å². The van der Waals surface area contributed by atoms with Crippen LogP contribution < -0.4 is 10.1 Å². The minimum absolute atomic E-state index is 0.288. The molecule has 2 aromatic carbocycles. The SMILES string of the molecule is CCc1ccc(NC(=O)C(C)Oc2cc(F)ccc2[N+](=O)[O-])cc1. The Morgan fingerprint density at radius 1 is 1.29 bits per heavy atom. The largest absolute Gasteiger partial charge is 0.474 e. The lowest BCUT2D eigenvalue weighted by Crippen LogP contribution is -2.30. The fourth-order valence-electron chi connectivity index (χ4n) is 2.04. The summed E-state index contributed by atoms with van der Waals surface area (Å²) >= 11 is 0. The third kappa shape index (κ3) is 4.28. The molecule has 1 atom stereocenters. The molecule has 24 heavy (non-hydrogen) atoms. The van der Waals surface area contributed by atoms with E-state index in [-0.39, 0.29) is 5.75 Å². The van der Waals surface area contributed by atoms with Crippen LogP contribution in [0.15, 0.2) is 42.5 Å². The Balaban J connectivity index is 2.08. The van der Waals surface area contributed by atoms with Crippen molar-refractivity contribution in [1.29, 1.82) is 0 Å². The van der Waals surface area contributed by atoms with Crippen molar-refractivity contribution in [1.82, 2.24) is 0 Å². The molecule has 0 aromatic heterocycles. The molecule has 0 heterocycles. The van der Waals surface area contributed by atoms with Gasteiger partial charge in [0, 0.05) is 17.8 Å². The minimum Gasteiger partial charge on any atom is -0.474 e. The molecule has 0 saturated heterocycles. The van der Waals surface area contributed by atoms with E-state index in [9.17, 15) is 19.3 Å². The highest BCUT2D eigenvalue weighted by molar-refractivity contribution is 5.94. The highest BCUT2D eigenvalue weighted by Crippen LogP contribution is 2.28. The second kappa shape index (κ2) is 7.54. The number of nitro groups is 1. The molecule has 1 N–H and O–H groups in total. The summed E-state index contributed by atoms with van der Waals surface area (Å²) in [4.78, 5) is 22.4. The van der Waals surface area contributed by atoms with E-state index in [1.807, 2.05) is 19.1 Å². The Morgan fingerprint density at radius 3 is 2.54 bits per heavy atom. The summed E-state index contributed by atoms with van der Waals surface area (Å²) in [6, 6.07) is 10.1. The maximum Gasteiger partial charge on any atom is 0.311 e. The van der Waals surface area contributed by atoms with Gasteiger partial charge in [-0.05, 0) is 37.1 Å². The Morgan fingerprint density at radius 2 is 1.96 bits per heavy atom. The Kier molecular flexibility index (Phi) is 5.47. The van der Waals surface area contributed by atoms with Gasteiger partial charge < -0.3 is 10.1 Å². The number of nitrogens with one attached hydrogen (secondary N) is 1. The predicted molar refractivity (Wildman–Crippen MR) is 87.6 cm³/mol. The second-order valence-electron chi connectivity index (χ2n) is 5.17. The quantitative estimate of drug-likeness (QED) is 0.646. The number of benzene rings is 2. The number of rotatable bonds is 6. The first-order valence-corrected chi connectivity index (χ1v) is 7.41. The summed E-state index contributed by atoms with van der Waals surface area (Å²) in [5.74, 6) is -1.46. The number of nitrogens with zero attached hydrogens (tertiary/aromatic N) is 1. The van der Waals surface area contributed by atoms with E-state index in [0.717, 1.165) is 30.2 Å². The van der Waals surface area contributed by atoms with Gasteiger partial charge in [-0.3, -0.25) is 14.9 Å². The zero-order valence-corrected chi connectivity index (χ0v) is 13.3. The molecule has 0 bridgehead atoms. The molecule has 7 heteroatoms. The molecule has 1 amide bonds. The van der Waals surface area contributed by atoms with E-state index >= 15 is 0 Å². The van der Waals surface area contributed by atoms with Crippen LogP contribution in [0.2, 0.25) is 0 Å². The molecule has 2 aromatic rings. The van der Waals surface area contributed by atoms with Gasteiger partial charge in [0.2, 0.25) is 5.75 Å². The molecule has 0 aliphatic heterocycles. The predicted octanol–water partition coefficient (Wildman–Crippen LogP) is 3.70. The van der Waals surface area contributed by atoms with Crippen LogP contribution >= 0.6 is 0 Å². The van der Waals surface area contributed by atoms with Crippen molar-refractivity contribution >= 4 is 17.3 Å². The number of anilines is 1. The number of aryl methyl sites for hydroxylation is 1. The third-order valence-electron chi connectivity index (χ3n) is 3.42. The van der Waals surface area contributed by atoms with Crippen molar-refractivity contribution in [2.24, 2.45) is 0 Å². The molecular weight excluding hydrogens is 315 g/mol. The Bertz CT molecular complexity index is 747. The van der Waals surface area contributed by atoms with Crippen molar-refractivity contribution in [3.8, 4) is 5.75 Å². The highest BCUT2D eigenvalue weighted by Gasteiger charge is 2.22. The van der Waals surface area contributed by atoms with Crippen LogP contribution in [0.4, 0.5) is 15.8 Å². The number of carbonyl (C=O) groups is 1. The van der Waals surface area contributed by atoms with Crippen molar-refractivity contribution in [2.45, 2.75) is 26.4 Å². The molecule has 0 aliphatic carbocycles. The molecule has 2 rings (SSSR count). The number of amides is 1. The van der Waals surface area contributed by atoms with Crippen LogP contribution in [0, 0.1) is 15.9 Å². The van der Waals surface area contributed by atoms with Crippen molar-refractivity contribution in [2.75, 3.05) is 5.32 Å². The van der Waals surface area contributed by atoms with Gasteiger partial charge in [0.15, 0.2) is 6.10 Å². The smallest absolute Gasteiger partial charge is 0.311 e. The number of carbonyl (C=O) groups excluding carboxylic acids is 1. The number of ether oxygens (including phenoxy) is 1. The molecule has 0 aliphatic rings. The molecule has 0 spiro atoms. The molecule has 0 saturated carbocycles. The zero-order valence-electron chi connectivity index (χ0n) is 13.3. The van der Waals surface area contributed by atoms with Gasteiger partial charge in [0.05, 0.1) is 4.92 Å². The van der Waals surface area contributed by atoms with E-state index in [4.69, 9.17) is 4.74 Å². The summed E-state index contributed by atoms with van der Waals surface area (Å²) in [5, 5.41) is 13.6. The van der Waals surface area contributed by atoms with Gasteiger partial charge in [0.25, 0.3) is 5.91 Å². The van der Waals surface area contributed by atoms with Crippen molar-refractivity contribution in [3.63, 3.8) is 0 Å². The van der Waals surface area contributed by atoms with E-state index in [2.05, 4.69) is 5.32 Å². The monoisotopic (exact) mass is 332 g/mol. The van der Waals surface area contributed by atoms with Crippen molar-refractivity contribution < 1.29 is 18.8 Å². The number of nitro benzene ring substituents is 1. The van der Waals surface area contributed by atoms with E-state index in [0.29, 0.717) is 5.69 Å². The lowest BCUT2D eigenvalue weighted by atomic mass is 10.1. The Labute approximate surface area is 138 Å². The normalized spacial score (nSPS) is 11.6. The van der Waals surface area contributed by atoms with Crippen molar-refractivity contribution in [3.05, 3.63) is 64.0 Å². The molecule has 1 unspecified atom stereocenters. The van der Waals surface area contributed by atoms with Gasteiger partial charge >= 0.3 is 5.69 Å². The van der Waals surface area contributed by atoms with E-state index in [1.165, 1.54) is 6.92 Å². The van der Waals surface area contributed by atoms with E-state index < -0.39 is 28.4 Å².